The fourth-order valence-electron chi connectivity index (χ4n) is 1.91. The minimum absolute atomic E-state index is 0.214. The number of imidazole rings is 1. The van der Waals surface area contributed by atoms with E-state index in [1.165, 1.54) is 0 Å². The highest BCUT2D eigenvalue weighted by atomic mass is 32.1. The van der Waals surface area contributed by atoms with E-state index in [0.29, 0.717) is 12.4 Å². The molecule has 0 fully saturated rings. The summed E-state index contributed by atoms with van der Waals surface area (Å²) < 4.78 is 0. The molecule has 4 N–H and O–H groups in total. The van der Waals surface area contributed by atoms with E-state index in [0.717, 1.165) is 17.5 Å². The van der Waals surface area contributed by atoms with Gasteiger partial charge in [0.05, 0.1) is 21.9 Å². The van der Waals surface area contributed by atoms with Crippen LogP contribution in [0.1, 0.15) is 19.8 Å². The van der Waals surface area contributed by atoms with E-state index in [1.54, 1.807) is 0 Å². The number of carbonyl (C=O) groups is 1. The Morgan fingerprint density at radius 3 is 2.89 bits per heavy atom. The van der Waals surface area contributed by atoms with E-state index >= 15 is 0 Å². The summed E-state index contributed by atoms with van der Waals surface area (Å²) in [6.45, 7) is 1.99. The molecule has 1 amide bonds. The third-order valence-electron chi connectivity index (χ3n) is 2.87. The van der Waals surface area contributed by atoms with Crippen molar-refractivity contribution in [1.82, 2.24) is 9.97 Å². The van der Waals surface area contributed by atoms with Crippen LogP contribution < -0.4 is 11.1 Å². The maximum Gasteiger partial charge on any atom is 0.236 e. The second-order valence-corrected chi connectivity index (χ2v) is 4.81. The van der Waals surface area contributed by atoms with Gasteiger partial charge in [-0.3, -0.25) is 10.1 Å². The Labute approximate surface area is 116 Å². The normalized spacial score (nSPS) is 12.3. The summed E-state index contributed by atoms with van der Waals surface area (Å²) in [5.74, 6) is -0.245. The first-order valence-electron chi connectivity index (χ1n) is 6.16. The number of anilines is 1. The van der Waals surface area contributed by atoms with E-state index < -0.39 is 5.92 Å². The SMILES string of the molecule is CCCC(C(=O)Nc1nc2ccccc2[nH]1)C(N)=S. The quantitative estimate of drug-likeness (QED) is 0.731. The number of fused-ring (bicyclic) bond motifs is 1. The molecule has 1 aromatic carbocycles. The number of thiocarbonyl (C=S) groups is 1. The Bertz CT molecular complexity index is 574. The number of nitrogens with zero attached hydrogens (tertiary/aromatic N) is 1. The van der Waals surface area contributed by atoms with Gasteiger partial charge in [-0.15, -0.1) is 0 Å². The molecule has 0 aliphatic heterocycles. The molecular weight excluding hydrogens is 260 g/mol. The van der Waals surface area contributed by atoms with Crippen molar-refractivity contribution >= 4 is 40.1 Å². The van der Waals surface area contributed by atoms with E-state index in [4.69, 9.17) is 18.0 Å². The molecule has 5 nitrogen and oxygen atoms in total. The first-order valence-corrected chi connectivity index (χ1v) is 6.57. The summed E-state index contributed by atoms with van der Waals surface area (Å²) >= 11 is 4.93. The molecule has 1 aromatic heterocycles. The Morgan fingerprint density at radius 1 is 1.53 bits per heavy atom. The number of hydrogen-bond donors (Lipinski definition) is 3. The highest BCUT2D eigenvalue weighted by molar-refractivity contribution is 7.80. The summed E-state index contributed by atoms with van der Waals surface area (Å²) in [7, 11) is 0. The molecule has 1 heterocycles. The molecule has 100 valence electrons. The standard InChI is InChI=1S/C13H16N4OS/c1-2-5-8(11(14)19)12(18)17-13-15-9-6-3-4-7-10(9)16-13/h3-4,6-8H,2,5H2,1H3,(H2,14,19)(H2,15,16,17,18). The number of carbonyl (C=O) groups excluding carboxylic acids is 1. The monoisotopic (exact) mass is 276 g/mol. The zero-order valence-corrected chi connectivity index (χ0v) is 11.5. The lowest BCUT2D eigenvalue weighted by molar-refractivity contribution is -0.118. The Hall–Kier alpha value is -1.95. The molecule has 0 saturated carbocycles. The maximum absolute atomic E-state index is 12.1. The lowest BCUT2D eigenvalue weighted by Crippen LogP contribution is -2.33. The number of aromatic nitrogens is 2. The second-order valence-electron chi connectivity index (χ2n) is 4.34. The highest BCUT2D eigenvalue weighted by Crippen LogP contribution is 2.15. The van der Waals surface area contributed by atoms with Crippen LogP contribution in [0.15, 0.2) is 24.3 Å². The molecule has 2 aromatic rings. The number of para-hydroxylation sites is 2. The fraction of sp³-hybridized carbons (Fsp3) is 0.308. The highest BCUT2D eigenvalue weighted by Gasteiger charge is 2.21. The van der Waals surface area contributed by atoms with Crippen LogP contribution in [0.2, 0.25) is 0 Å². The second kappa shape index (κ2) is 5.79. The average molecular weight is 276 g/mol. The van der Waals surface area contributed by atoms with Gasteiger partial charge < -0.3 is 10.7 Å². The number of H-pyrrole nitrogens is 1. The third kappa shape index (κ3) is 3.08. The largest absolute Gasteiger partial charge is 0.393 e. The van der Waals surface area contributed by atoms with Crippen LogP contribution in [-0.2, 0) is 4.79 Å². The smallest absolute Gasteiger partial charge is 0.236 e. The number of rotatable bonds is 5. The van der Waals surface area contributed by atoms with Crippen LogP contribution in [0.3, 0.4) is 0 Å². The third-order valence-corrected chi connectivity index (χ3v) is 3.15. The van der Waals surface area contributed by atoms with Crippen LogP contribution in [0.25, 0.3) is 11.0 Å². The zero-order chi connectivity index (χ0) is 13.8. The van der Waals surface area contributed by atoms with Gasteiger partial charge in [-0.05, 0) is 18.6 Å². The number of benzene rings is 1. The van der Waals surface area contributed by atoms with Crippen LogP contribution in [0, 0.1) is 5.92 Å². The molecule has 1 unspecified atom stereocenters. The first kappa shape index (κ1) is 13.5. The number of aromatic amines is 1. The van der Waals surface area contributed by atoms with E-state index in [2.05, 4.69) is 15.3 Å². The number of amides is 1. The topological polar surface area (TPSA) is 83.8 Å². The van der Waals surface area contributed by atoms with Crippen LogP contribution >= 0.6 is 12.2 Å². The van der Waals surface area contributed by atoms with Crippen molar-refractivity contribution in [3.8, 4) is 0 Å². The molecular formula is C13H16N4OS. The molecule has 0 aliphatic rings. The number of nitrogens with two attached hydrogens (primary N) is 1. The minimum atomic E-state index is -0.451. The molecule has 19 heavy (non-hydrogen) atoms. The molecule has 0 aliphatic carbocycles. The van der Waals surface area contributed by atoms with Crippen molar-refractivity contribution in [2.24, 2.45) is 11.7 Å². The fourth-order valence-corrected chi connectivity index (χ4v) is 2.13. The van der Waals surface area contributed by atoms with Gasteiger partial charge in [0, 0.05) is 0 Å². The summed E-state index contributed by atoms with van der Waals surface area (Å²) in [5.41, 5.74) is 7.27. The van der Waals surface area contributed by atoms with Crippen molar-refractivity contribution in [2.75, 3.05) is 5.32 Å². The number of nitrogens with one attached hydrogen (secondary N) is 2. The molecule has 0 radical (unpaired) electrons. The van der Waals surface area contributed by atoms with Crippen LogP contribution in [-0.4, -0.2) is 20.9 Å². The summed E-state index contributed by atoms with van der Waals surface area (Å²) in [6, 6.07) is 7.57. The van der Waals surface area contributed by atoms with E-state index in [1.807, 2.05) is 31.2 Å². The van der Waals surface area contributed by atoms with Crippen LogP contribution in [0.5, 0.6) is 0 Å². The lowest BCUT2D eigenvalue weighted by Gasteiger charge is -2.12. The predicted octanol–water partition coefficient (Wildman–Crippen LogP) is 2.20. The van der Waals surface area contributed by atoms with Gasteiger partial charge in [-0.2, -0.15) is 0 Å². The van der Waals surface area contributed by atoms with Gasteiger partial charge in [-0.25, -0.2) is 4.98 Å². The Morgan fingerprint density at radius 2 is 2.26 bits per heavy atom. The van der Waals surface area contributed by atoms with Gasteiger partial charge in [0.15, 0.2) is 0 Å². The number of hydrogen-bond acceptors (Lipinski definition) is 3. The van der Waals surface area contributed by atoms with E-state index in [-0.39, 0.29) is 10.9 Å². The summed E-state index contributed by atoms with van der Waals surface area (Å²) in [4.78, 5) is 19.6. The van der Waals surface area contributed by atoms with Crippen molar-refractivity contribution in [3.63, 3.8) is 0 Å². The van der Waals surface area contributed by atoms with Gasteiger partial charge in [0.2, 0.25) is 11.9 Å². The van der Waals surface area contributed by atoms with Crippen molar-refractivity contribution in [2.45, 2.75) is 19.8 Å². The van der Waals surface area contributed by atoms with Crippen molar-refractivity contribution in [3.05, 3.63) is 24.3 Å². The van der Waals surface area contributed by atoms with Crippen molar-refractivity contribution in [1.29, 1.82) is 0 Å². The molecule has 1 atom stereocenters. The molecule has 0 saturated heterocycles. The van der Waals surface area contributed by atoms with Gasteiger partial charge in [0.25, 0.3) is 0 Å². The van der Waals surface area contributed by atoms with Gasteiger partial charge in [0.1, 0.15) is 0 Å². The molecule has 2 rings (SSSR count). The lowest BCUT2D eigenvalue weighted by atomic mass is 10.0. The predicted molar refractivity (Wildman–Crippen MR) is 79.9 cm³/mol. The zero-order valence-electron chi connectivity index (χ0n) is 10.6. The van der Waals surface area contributed by atoms with Gasteiger partial charge in [-0.1, -0.05) is 37.7 Å². The maximum atomic E-state index is 12.1. The average Bonchev–Trinajstić information content (AvgIpc) is 2.77. The minimum Gasteiger partial charge on any atom is -0.393 e. The first-order chi connectivity index (χ1) is 9.11. The van der Waals surface area contributed by atoms with Crippen LogP contribution in [0.4, 0.5) is 5.95 Å². The summed E-state index contributed by atoms with van der Waals surface area (Å²) in [5, 5.41) is 2.72. The van der Waals surface area contributed by atoms with Crippen molar-refractivity contribution < 1.29 is 4.79 Å². The Kier molecular flexibility index (Phi) is 4.11. The van der Waals surface area contributed by atoms with E-state index in [9.17, 15) is 4.79 Å². The van der Waals surface area contributed by atoms with Gasteiger partial charge >= 0.3 is 0 Å². The Balaban J connectivity index is 2.15. The molecule has 0 bridgehead atoms. The molecule has 0 spiro atoms. The molecule has 6 heteroatoms. The summed E-state index contributed by atoms with van der Waals surface area (Å²) in [6.07, 6.45) is 1.48.